The van der Waals surface area contributed by atoms with Gasteiger partial charge in [-0.05, 0) is 89.7 Å². The zero-order valence-electron chi connectivity index (χ0n) is 35.5. The highest BCUT2D eigenvalue weighted by molar-refractivity contribution is 6.05. The van der Waals surface area contributed by atoms with Crippen LogP contribution >= 0.6 is 0 Å². The summed E-state index contributed by atoms with van der Waals surface area (Å²) in [4.78, 5) is 15.4. The maximum atomic E-state index is 5.19. The van der Waals surface area contributed by atoms with E-state index in [0.29, 0.717) is 17.5 Å². The third-order valence-corrected chi connectivity index (χ3v) is 13.0. The van der Waals surface area contributed by atoms with E-state index in [-0.39, 0.29) is 0 Å². The van der Waals surface area contributed by atoms with E-state index in [1.807, 2.05) is 24.3 Å². The van der Waals surface area contributed by atoms with E-state index in [9.17, 15) is 0 Å². The lowest BCUT2D eigenvalue weighted by molar-refractivity contribution is 0.769. The van der Waals surface area contributed by atoms with Crippen LogP contribution in [0, 0.1) is 0 Å². The van der Waals surface area contributed by atoms with Gasteiger partial charge in [0.05, 0.1) is 5.41 Å². The molecule has 304 valence electrons. The number of hydrogen-bond acceptors (Lipinski definition) is 3. The monoisotopic (exact) mass is 827 g/mol. The molecule has 3 heteroatoms. The molecule has 0 bridgehead atoms. The van der Waals surface area contributed by atoms with Gasteiger partial charge in [0.1, 0.15) is 0 Å². The molecule has 1 aliphatic carbocycles. The van der Waals surface area contributed by atoms with Crippen molar-refractivity contribution < 1.29 is 0 Å². The molecule has 10 aromatic carbocycles. The molecule has 0 fully saturated rings. The molecule has 1 aliphatic rings. The van der Waals surface area contributed by atoms with Crippen LogP contribution in [0.25, 0.3) is 89.4 Å². The van der Waals surface area contributed by atoms with Gasteiger partial charge in [-0.25, -0.2) is 15.0 Å². The molecule has 0 unspecified atom stereocenters. The molecule has 0 saturated heterocycles. The van der Waals surface area contributed by atoms with Crippen LogP contribution in [0.4, 0.5) is 0 Å². The van der Waals surface area contributed by atoms with Gasteiger partial charge in [-0.2, -0.15) is 0 Å². The summed E-state index contributed by atoms with van der Waals surface area (Å²) in [5.41, 5.74) is 16.8. The van der Waals surface area contributed by atoms with E-state index in [1.54, 1.807) is 0 Å². The van der Waals surface area contributed by atoms with Crippen molar-refractivity contribution in [2.24, 2.45) is 0 Å². The van der Waals surface area contributed by atoms with Crippen molar-refractivity contribution in [1.82, 2.24) is 15.0 Å². The van der Waals surface area contributed by atoms with Gasteiger partial charge in [0.15, 0.2) is 17.5 Å². The smallest absolute Gasteiger partial charge is 0.164 e. The minimum atomic E-state index is -0.504. The van der Waals surface area contributed by atoms with Crippen molar-refractivity contribution in [3.63, 3.8) is 0 Å². The number of aromatic nitrogens is 3. The van der Waals surface area contributed by atoms with Gasteiger partial charge in [0.25, 0.3) is 0 Å². The van der Waals surface area contributed by atoms with Crippen LogP contribution in [0.1, 0.15) is 22.3 Å². The fourth-order valence-electron chi connectivity index (χ4n) is 10.0. The van der Waals surface area contributed by atoms with E-state index < -0.39 is 5.41 Å². The van der Waals surface area contributed by atoms with Crippen LogP contribution < -0.4 is 0 Å². The fraction of sp³-hybridized carbons (Fsp3) is 0.0161. The molecule has 12 rings (SSSR count). The molecule has 11 aromatic rings. The summed E-state index contributed by atoms with van der Waals surface area (Å²) in [5.74, 6) is 1.88. The predicted molar refractivity (Wildman–Crippen MR) is 267 cm³/mol. The van der Waals surface area contributed by atoms with Crippen LogP contribution in [-0.4, -0.2) is 15.0 Å². The van der Waals surface area contributed by atoms with Gasteiger partial charge >= 0.3 is 0 Å². The normalized spacial score (nSPS) is 12.4. The average Bonchev–Trinajstić information content (AvgIpc) is 3.69. The van der Waals surface area contributed by atoms with Gasteiger partial charge in [0, 0.05) is 16.7 Å². The van der Waals surface area contributed by atoms with Crippen molar-refractivity contribution in [2.45, 2.75) is 5.41 Å². The molecule has 0 radical (unpaired) electrons. The molecule has 3 nitrogen and oxygen atoms in total. The highest BCUT2D eigenvalue weighted by Crippen LogP contribution is 2.57. The minimum Gasteiger partial charge on any atom is -0.208 e. The number of rotatable bonds is 8. The molecule has 0 N–H and O–H groups in total. The summed E-state index contributed by atoms with van der Waals surface area (Å²) in [6.45, 7) is 0. The van der Waals surface area contributed by atoms with E-state index in [1.165, 1.54) is 55.3 Å². The molecule has 0 aliphatic heterocycles. The molecule has 1 aromatic heterocycles. The Hall–Kier alpha value is -8.53. The molecular formula is C62H41N3. The van der Waals surface area contributed by atoms with Crippen LogP contribution in [0.2, 0.25) is 0 Å². The Morgan fingerprint density at radius 2 is 0.723 bits per heavy atom. The third kappa shape index (κ3) is 6.56. The summed E-state index contributed by atoms with van der Waals surface area (Å²) < 4.78 is 0. The Balaban J connectivity index is 1.03. The van der Waals surface area contributed by atoms with Gasteiger partial charge < -0.3 is 0 Å². The van der Waals surface area contributed by atoms with Crippen LogP contribution in [0.15, 0.2) is 249 Å². The number of hydrogen-bond donors (Lipinski definition) is 0. The zero-order valence-corrected chi connectivity index (χ0v) is 35.5. The first-order valence-electron chi connectivity index (χ1n) is 22.2. The Morgan fingerprint density at radius 1 is 0.262 bits per heavy atom. The molecular weight excluding hydrogens is 787 g/mol. The standard InChI is InChI=1S/C62H41N3/c1-5-18-42(19-6-1)43-32-34-46(35-33-43)60-63-59(45-21-7-2-8-22-45)64-61(65-60)49-24-17-23-48(40-49)58-52-29-14-13-20-44(52)36-38-53(58)47-37-39-55-54-30-15-16-31-56(54)62(57(55)41-47,50-25-9-3-10-26-50)51-27-11-4-12-28-51/h1-41H. The van der Waals surface area contributed by atoms with Crippen molar-refractivity contribution in [3.05, 3.63) is 271 Å². The Labute approximate surface area is 379 Å². The second kappa shape index (κ2) is 16.0. The lowest BCUT2D eigenvalue weighted by Gasteiger charge is -2.34. The summed E-state index contributed by atoms with van der Waals surface area (Å²) >= 11 is 0. The van der Waals surface area contributed by atoms with Crippen LogP contribution in [0.3, 0.4) is 0 Å². The van der Waals surface area contributed by atoms with Crippen molar-refractivity contribution in [1.29, 1.82) is 0 Å². The molecule has 0 atom stereocenters. The molecule has 1 heterocycles. The van der Waals surface area contributed by atoms with Gasteiger partial charge in [-0.15, -0.1) is 0 Å². The Bertz CT molecular complexity index is 3470. The van der Waals surface area contributed by atoms with Crippen molar-refractivity contribution in [3.8, 4) is 78.7 Å². The predicted octanol–water partition coefficient (Wildman–Crippen LogP) is 15.4. The largest absolute Gasteiger partial charge is 0.208 e. The van der Waals surface area contributed by atoms with Crippen LogP contribution in [-0.2, 0) is 5.41 Å². The summed E-state index contributed by atoms with van der Waals surface area (Å²) in [6, 6.07) is 89.2. The van der Waals surface area contributed by atoms with E-state index >= 15 is 0 Å². The highest BCUT2D eigenvalue weighted by Gasteiger charge is 2.46. The topological polar surface area (TPSA) is 38.7 Å². The Morgan fingerprint density at radius 3 is 1.42 bits per heavy atom. The van der Waals surface area contributed by atoms with Crippen molar-refractivity contribution in [2.75, 3.05) is 0 Å². The first-order chi connectivity index (χ1) is 32.2. The minimum absolute atomic E-state index is 0.504. The van der Waals surface area contributed by atoms with E-state index in [2.05, 4.69) is 224 Å². The average molecular weight is 828 g/mol. The summed E-state index contributed by atoms with van der Waals surface area (Å²) in [7, 11) is 0. The zero-order chi connectivity index (χ0) is 43.2. The maximum Gasteiger partial charge on any atom is 0.164 e. The number of nitrogens with zero attached hydrogens (tertiary/aromatic N) is 3. The summed E-state index contributed by atoms with van der Waals surface area (Å²) in [6.07, 6.45) is 0. The highest BCUT2D eigenvalue weighted by atomic mass is 15.0. The lowest BCUT2D eigenvalue weighted by atomic mass is 9.67. The molecule has 65 heavy (non-hydrogen) atoms. The van der Waals surface area contributed by atoms with Gasteiger partial charge in [0.2, 0.25) is 0 Å². The van der Waals surface area contributed by atoms with Crippen molar-refractivity contribution >= 4 is 10.8 Å². The number of fused-ring (bicyclic) bond motifs is 4. The van der Waals surface area contributed by atoms with E-state index in [4.69, 9.17) is 15.0 Å². The first kappa shape index (κ1) is 38.2. The second-order valence-corrected chi connectivity index (χ2v) is 16.7. The molecule has 0 saturated carbocycles. The lowest BCUT2D eigenvalue weighted by Crippen LogP contribution is -2.28. The quantitative estimate of drug-likeness (QED) is 0.153. The van der Waals surface area contributed by atoms with E-state index in [0.717, 1.165) is 38.9 Å². The third-order valence-electron chi connectivity index (χ3n) is 13.0. The molecule has 0 amide bonds. The van der Waals surface area contributed by atoms with Gasteiger partial charge in [-0.1, -0.05) is 237 Å². The second-order valence-electron chi connectivity index (χ2n) is 16.7. The SMILES string of the molecule is c1ccc(-c2ccc(-c3nc(-c4ccccc4)nc(-c4cccc(-c5c(-c6ccc7c(c6)C(c6ccccc6)(c6ccccc6)c6ccccc6-7)ccc6ccccc56)c4)n3)cc2)cc1. The maximum absolute atomic E-state index is 5.19. The first-order valence-corrected chi connectivity index (χ1v) is 22.2. The molecule has 0 spiro atoms. The van der Waals surface area contributed by atoms with Crippen LogP contribution in [0.5, 0.6) is 0 Å². The summed E-state index contributed by atoms with van der Waals surface area (Å²) in [5, 5.41) is 2.36. The Kier molecular flexibility index (Phi) is 9.39. The fourth-order valence-corrected chi connectivity index (χ4v) is 10.0. The van der Waals surface area contributed by atoms with Gasteiger partial charge in [-0.3, -0.25) is 0 Å². The number of benzene rings is 10.